The van der Waals surface area contributed by atoms with E-state index in [1.165, 1.54) is 18.1 Å². The van der Waals surface area contributed by atoms with Crippen molar-refractivity contribution in [2.75, 3.05) is 18.6 Å². The molecule has 198 valence electrons. The van der Waals surface area contributed by atoms with E-state index in [-0.39, 0.29) is 23.9 Å². The molecule has 1 aromatic heterocycles. The van der Waals surface area contributed by atoms with Gasteiger partial charge in [-0.3, -0.25) is 14.6 Å². The predicted molar refractivity (Wildman–Crippen MR) is 141 cm³/mol. The average molecular weight is 549 g/mol. The normalized spacial score (nSPS) is 14.2. The Bertz CT molecular complexity index is 1170. The molecule has 37 heavy (non-hydrogen) atoms. The van der Waals surface area contributed by atoms with Crippen molar-refractivity contribution in [3.63, 3.8) is 0 Å². The molecule has 1 aromatic carbocycles. The van der Waals surface area contributed by atoms with Crippen molar-refractivity contribution in [1.82, 2.24) is 4.98 Å². The zero-order valence-corrected chi connectivity index (χ0v) is 22.7. The number of ether oxygens (including phenoxy) is 2. The minimum atomic E-state index is -0.705. The van der Waals surface area contributed by atoms with E-state index >= 15 is 4.39 Å². The first kappa shape index (κ1) is 28.7. The lowest BCUT2D eigenvalue weighted by molar-refractivity contribution is -0.140. The van der Waals surface area contributed by atoms with Gasteiger partial charge in [-0.1, -0.05) is 24.6 Å². The third-order valence-corrected chi connectivity index (χ3v) is 7.41. The minimum absolute atomic E-state index is 0.0165. The number of carbonyl (C=O) groups excluding carboxylic acids is 3. The highest BCUT2D eigenvalue weighted by Crippen LogP contribution is 2.38. The van der Waals surface area contributed by atoms with Crippen LogP contribution in [0.15, 0.2) is 52.7 Å². The van der Waals surface area contributed by atoms with E-state index < -0.39 is 28.9 Å². The highest BCUT2D eigenvalue weighted by molar-refractivity contribution is 8.00. The Morgan fingerprint density at radius 2 is 1.95 bits per heavy atom. The molecule has 0 bridgehead atoms. The first-order valence-electron chi connectivity index (χ1n) is 12.1. The second-order valence-corrected chi connectivity index (χ2v) is 10.4. The molecule has 1 heterocycles. The summed E-state index contributed by atoms with van der Waals surface area (Å²) in [7, 11) is 1.28. The first-order valence-corrected chi connectivity index (χ1v) is 13.4. The zero-order chi connectivity index (χ0) is 26.9. The van der Waals surface area contributed by atoms with Gasteiger partial charge >= 0.3 is 11.9 Å². The molecule has 1 aliphatic carbocycles. The van der Waals surface area contributed by atoms with Gasteiger partial charge in [0.05, 0.1) is 31.0 Å². The molecule has 10 heteroatoms. The maximum absolute atomic E-state index is 15.4. The smallest absolute Gasteiger partial charge is 0.334 e. The molecule has 0 aliphatic heterocycles. The lowest BCUT2D eigenvalue weighted by atomic mass is 9.90. The van der Waals surface area contributed by atoms with Gasteiger partial charge in [-0.25, -0.2) is 9.18 Å². The van der Waals surface area contributed by atoms with E-state index in [0.29, 0.717) is 40.9 Å². The fraction of sp³-hybridized carbons (Fsp3) is 0.407. The first-order chi connectivity index (χ1) is 17.8. The third-order valence-electron chi connectivity index (χ3n) is 5.85. The van der Waals surface area contributed by atoms with Gasteiger partial charge in [0, 0.05) is 28.4 Å². The molecule has 1 atom stereocenters. The van der Waals surface area contributed by atoms with Gasteiger partial charge < -0.3 is 14.4 Å². The maximum atomic E-state index is 15.4. The SMILES string of the molecule is CCCOC(=O)C1=C(C(=O)N(Cc2cccnc2)c2cc(SC(C)C(=O)OC)c(Cl)cc2F)CCCC1. The minimum Gasteiger partial charge on any atom is -0.468 e. The summed E-state index contributed by atoms with van der Waals surface area (Å²) in [6.07, 6.45) is 6.16. The van der Waals surface area contributed by atoms with Crippen LogP contribution in [0.5, 0.6) is 0 Å². The Labute approximate surface area is 225 Å². The lowest BCUT2D eigenvalue weighted by Crippen LogP contribution is -2.34. The van der Waals surface area contributed by atoms with Crippen LogP contribution in [0.4, 0.5) is 10.1 Å². The molecule has 0 spiro atoms. The number of hydrogen-bond donors (Lipinski definition) is 0. The van der Waals surface area contributed by atoms with Gasteiger partial charge in [-0.2, -0.15) is 0 Å². The van der Waals surface area contributed by atoms with Crippen LogP contribution in [0, 0.1) is 5.82 Å². The summed E-state index contributed by atoms with van der Waals surface area (Å²) in [5.74, 6) is -2.15. The van der Waals surface area contributed by atoms with Crippen LogP contribution in [-0.4, -0.2) is 41.8 Å². The molecule has 0 fully saturated rings. The summed E-state index contributed by atoms with van der Waals surface area (Å²) in [6, 6.07) is 6.08. The van der Waals surface area contributed by atoms with Crippen molar-refractivity contribution in [1.29, 1.82) is 0 Å². The van der Waals surface area contributed by atoms with Crippen LogP contribution < -0.4 is 4.90 Å². The van der Waals surface area contributed by atoms with Crippen LogP contribution in [0.3, 0.4) is 0 Å². The van der Waals surface area contributed by atoms with Crippen molar-refractivity contribution in [2.45, 2.75) is 62.6 Å². The number of aromatic nitrogens is 1. The van der Waals surface area contributed by atoms with E-state index in [1.807, 2.05) is 6.92 Å². The number of benzene rings is 1. The summed E-state index contributed by atoms with van der Waals surface area (Å²) in [5.41, 5.74) is 1.32. The number of anilines is 1. The number of carbonyl (C=O) groups is 3. The number of methoxy groups -OCH3 is 1. The molecule has 7 nitrogen and oxygen atoms in total. The molecule has 3 rings (SSSR count). The highest BCUT2D eigenvalue weighted by atomic mass is 35.5. The Balaban J connectivity index is 2.08. The molecule has 0 saturated carbocycles. The van der Waals surface area contributed by atoms with Gasteiger partial charge in [-0.05, 0) is 62.8 Å². The number of nitrogens with zero attached hydrogens (tertiary/aromatic N) is 2. The van der Waals surface area contributed by atoms with Gasteiger partial charge in [0.2, 0.25) is 0 Å². The Kier molecular flexibility index (Phi) is 10.5. The van der Waals surface area contributed by atoms with E-state index in [1.54, 1.807) is 31.5 Å². The molecule has 2 aromatic rings. The Hall–Kier alpha value is -2.91. The van der Waals surface area contributed by atoms with Crippen molar-refractivity contribution in [3.8, 4) is 0 Å². The molecule has 0 N–H and O–H groups in total. The summed E-state index contributed by atoms with van der Waals surface area (Å²) in [6.45, 7) is 3.82. The van der Waals surface area contributed by atoms with Crippen molar-refractivity contribution >= 4 is 46.9 Å². The van der Waals surface area contributed by atoms with E-state index in [2.05, 4.69) is 4.98 Å². The summed E-state index contributed by atoms with van der Waals surface area (Å²) in [5, 5.41) is -0.499. The van der Waals surface area contributed by atoms with Crippen LogP contribution in [-0.2, 0) is 30.4 Å². The molecule has 1 amide bonds. The van der Waals surface area contributed by atoms with Crippen LogP contribution in [0.25, 0.3) is 0 Å². The van der Waals surface area contributed by atoms with Gasteiger partial charge in [-0.15, -0.1) is 11.8 Å². The van der Waals surface area contributed by atoms with Gasteiger partial charge in [0.1, 0.15) is 11.1 Å². The Morgan fingerprint density at radius 1 is 1.22 bits per heavy atom. The highest BCUT2D eigenvalue weighted by Gasteiger charge is 2.31. The number of halogens is 2. The number of hydrogen-bond acceptors (Lipinski definition) is 7. The fourth-order valence-electron chi connectivity index (χ4n) is 3.97. The van der Waals surface area contributed by atoms with Crippen molar-refractivity contribution in [2.24, 2.45) is 0 Å². The number of amides is 1. The number of pyridine rings is 1. The lowest BCUT2D eigenvalue weighted by Gasteiger charge is -2.28. The topological polar surface area (TPSA) is 85.8 Å². The molecule has 1 aliphatic rings. The maximum Gasteiger partial charge on any atom is 0.334 e. The van der Waals surface area contributed by atoms with Crippen molar-refractivity contribution in [3.05, 3.63) is 64.2 Å². The summed E-state index contributed by atoms with van der Waals surface area (Å²) < 4.78 is 25.5. The second-order valence-electron chi connectivity index (χ2n) is 8.57. The molecule has 1 unspecified atom stereocenters. The Morgan fingerprint density at radius 3 is 2.59 bits per heavy atom. The predicted octanol–water partition coefficient (Wildman–Crippen LogP) is 5.88. The van der Waals surface area contributed by atoms with Gasteiger partial charge in [0.15, 0.2) is 0 Å². The van der Waals surface area contributed by atoms with E-state index in [0.717, 1.165) is 30.7 Å². The van der Waals surface area contributed by atoms with Crippen LogP contribution in [0.1, 0.15) is 51.5 Å². The zero-order valence-electron chi connectivity index (χ0n) is 21.1. The molecule has 0 saturated heterocycles. The molecular formula is C27H30ClFN2O5S. The summed E-state index contributed by atoms with van der Waals surface area (Å²) >= 11 is 7.40. The number of thioether (sulfide) groups is 1. The molecule has 0 radical (unpaired) electrons. The van der Waals surface area contributed by atoms with Gasteiger partial charge in [0.25, 0.3) is 5.91 Å². The molecular weight excluding hydrogens is 519 g/mol. The van der Waals surface area contributed by atoms with E-state index in [4.69, 9.17) is 21.1 Å². The van der Waals surface area contributed by atoms with Crippen LogP contribution in [0.2, 0.25) is 5.02 Å². The third kappa shape index (κ3) is 7.32. The second kappa shape index (κ2) is 13.6. The monoisotopic (exact) mass is 548 g/mol. The average Bonchev–Trinajstić information content (AvgIpc) is 2.91. The largest absolute Gasteiger partial charge is 0.468 e. The standard InChI is InChI=1S/C27H30ClFN2O5S/c1-4-12-36-27(34)20-10-6-5-9-19(20)25(32)31(16-18-8-7-11-30-15-18)23-14-24(21(28)13-22(23)29)37-17(2)26(33)35-3/h7-8,11,13-15,17H,4-6,9-10,12,16H2,1-3H3. The fourth-order valence-corrected chi connectivity index (χ4v) is 5.18. The number of rotatable bonds is 10. The number of esters is 2. The van der Waals surface area contributed by atoms with Crippen molar-refractivity contribution < 1.29 is 28.2 Å². The van der Waals surface area contributed by atoms with Crippen LogP contribution >= 0.6 is 23.4 Å². The van der Waals surface area contributed by atoms with E-state index in [9.17, 15) is 14.4 Å². The summed E-state index contributed by atoms with van der Waals surface area (Å²) in [4.78, 5) is 44.5. The quantitative estimate of drug-likeness (QED) is 0.270.